The minimum Gasteiger partial charge on any atom is -1.00 e. The van der Waals surface area contributed by atoms with E-state index >= 15 is 0 Å². The second-order valence-corrected chi connectivity index (χ2v) is 1.43. The van der Waals surface area contributed by atoms with E-state index in [-0.39, 0.29) is 37.2 Å². The summed E-state index contributed by atoms with van der Waals surface area (Å²) in [7, 11) is 3.17. The molecule has 0 aromatic rings. The summed E-state index contributed by atoms with van der Waals surface area (Å²) in [6.45, 7) is 0. The van der Waals surface area contributed by atoms with Crippen molar-refractivity contribution in [3.63, 3.8) is 0 Å². The van der Waals surface area contributed by atoms with Crippen molar-refractivity contribution >= 4 is 0 Å². The molecule has 0 heterocycles. The third-order valence-corrected chi connectivity index (χ3v) is 0.486. The Labute approximate surface area is 74.7 Å². The van der Waals surface area contributed by atoms with Crippen LogP contribution in [0.2, 0.25) is 0 Å². The van der Waals surface area contributed by atoms with Crippen LogP contribution < -0.4 is 37.2 Å². The summed E-state index contributed by atoms with van der Waals surface area (Å²) in [6.07, 6.45) is 0. The second-order valence-electron chi connectivity index (χ2n) is 0.348. The molecule has 0 aliphatic carbocycles. The van der Waals surface area contributed by atoms with Crippen LogP contribution in [-0.4, -0.2) is 14.2 Å². The topological polar surface area (TPSA) is 18.5 Å². The van der Waals surface area contributed by atoms with Gasteiger partial charge in [-0.2, -0.15) is 0 Å². The first-order chi connectivity index (χ1) is 2.41. The van der Waals surface area contributed by atoms with Gasteiger partial charge in [0.15, 0.2) is 0 Å². The quantitative estimate of drug-likeness (QED) is 0.434. The van der Waals surface area contributed by atoms with E-state index in [1.807, 2.05) is 0 Å². The van der Waals surface area contributed by atoms with E-state index in [1.165, 1.54) is 0 Å². The Morgan fingerprint density at radius 3 is 1.12 bits per heavy atom. The zero-order chi connectivity index (χ0) is 4.12. The normalized spacial score (nSPS) is 4.75. The van der Waals surface area contributed by atoms with Crippen molar-refractivity contribution < 1.29 is 60.5 Å². The molecule has 0 unspecified atom stereocenters. The van der Waals surface area contributed by atoms with Gasteiger partial charge in [-0.15, -0.1) is 0 Å². The molecule has 0 atom stereocenters. The van der Waals surface area contributed by atoms with Gasteiger partial charge in [0.1, 0.15) is 0 Å². The summed E-state index contributed by atoms with van der Waals surface area (Å²) in [5.74, 6) is 0. The first kappa shape index (κ1) is 22.8. The van der Waals surface area contributed by atoms with Crippen molar-refractivity contribution in [2.45, 2.75) is 0 Å². The summed E-state index contributed by atoms with van der Waals surface area (Å²) in [4.78, 5) is 0. The third kappa shape index (κ3) is 26.6. The molecule has 0 bridgehead atoms. The van der Waals surface area contributed by atoms with Crippen LogP contribution in [0.1, 0.15) is 0 Å². The molecule has 0 spiro atoms. The van der Waals surface area contributed by atoms with Gasteiger partial charge in [-0.05, 0) is 0 Å². The predicted molar refractivity (Wildman–Crippen MR) is 14.0 cm³/mol. The Hall–Kier alpha value is 1.31. The molecule has 0 aromatic carbocycles. The molecule has 0 radical (unpaired) electrons. The molecule has 0 saturated carbocycles. The standard InChI is InChI=1S/2CH3O.3ClH.Fe/c2*1-2;;;;/h2*1H3;3*1H;/q2*-1;;;;+5/p-3. The van der Waals surface area contributed by atoms with Crippen molar-refractivity contribution in [3.05, 3.63) is 0 Å². The molecule has 55 valence electrons. The minimum atomic E-state index is 0. The SMILES string of the molecule is C[O][Fe+3][O]C.[Cl-].[Cl-].[Cl-]. The van der Waals surface area contributed by atoms with Crippen LogP contribution >= 0.6 is 0 Å². The number of halogens is 3. The molecule has 8 heavy (non-hydrogen) atoms. The molecule has 6 heteroatoms. The molecule has 2 nitrogen and oxygen atoms in total. The van der Waals surface area contributed by atoms with E-state index in [4.69, 9.17) is 0 Å². The van der Waals surface area contributed by atoms with Gasteiger partial charge in [0.25, 0.3) is 0 Å². The van der Waals surface area contributed by atoms with Gasteiger partial charge in [0.05, 0.1) is 0 Å². The molecule has 0 aliphatic rings. The van der Waals surface area contributed by atoms with Crippen LogP contribution in [0.25, 0.3) is 0 Å². The first-order valence-corrected chi connectivity index (χ1v) is 2.01. The number of rotatable bonds is 2. The average Bonchev–Trinajstić information content (AvgIpc) is 1.41. The maximum atomic E-state index is 4.47. The van der Waals surface area contributed by atoms with Gasteiger partial charge >= 0.3 is 37.5 Å². The Bertz CT molecular complexity index is 22.8. The van der Waals surface area contributed by atoms with Crippen molar-refractivity contribution in [2.24, 2.45) is 0 Å². The Morgan fingerprint density at radius 1 is 0.875 bits per heavy atom. The Morgan fingerprint density at radius 2 is 1.12 bits per heavy atom. The summed E-state index contributed by atoms with van der Waals surface area (Å²) < 4.78 is 8.94. The van der Waals surface area contributed by atoms with Crippen molar-refractivity contribution in [3.8, 4) is 0 Å². The van der Waals surface area contributed by atoms with E-state index in [1.54, 1.807) is 14.2 Å². The van der Waals surface area contributed by atoms with E-state index in [9.17, 15) is 0 Å². The largest absolute Gasteiger partial charge is 1.00 e. The summed E-state index contributed by atoms with van der Waals surface area (Å²) in [5, 5.41) is 0. The van der Waals surface area contributed by atoms with Crippen LogP contribution in [0.4, 0.5) is 0 Å². The minimum absolute atomic E-state index is 0. The van der Waals surface area contributed by atoms with Gasteiger partial charge in [-0.1, -0.05) is 0 Å². The van der Waals surface area contributed by atoms with E-state index < -0.39 is 0 Å². The molecular weight excluding hydrogens is 218 g/mol. The van der Waals surface area contributed by atoms with Crippen LogP contribution in [0.5, 0.6) is 0 Å². The third-order valence-electron chi connectivity index (χ3n) is 0.118. The van der Waals surface area contributed by atoms with E-state index in [0.717, 1.165) is 0 Å². The number of hydrogen-bond acceptors (Lipinski definition) is 2. The maximum absolute atomic E-state index is 4.47. The van der Waals surface area contributed by atoms with Crippen molar-refractivity contribution in [2.75, 3.05) is 14.2 Å². The fraction of sp³-hybridized carbons (Fsp3) is 1.00. The Kier molecular flexibility index (Phi) is 68.1. The molecule has 0 amide bonds. The fourth-order valence-electron chi connectivity index (χ4n) is 0.0589. The van der Waals surface area contributed by atoms with Gasteiger partial charge in [-0.25, -0.2) is 0 Å². The molecular formula is C2H6Cl3FeO2. The summed E-state index contributed by atoms with van der Waals surface area (Å²) in [5.41, 5.74) is 0. The van der Waals surface area contributed by atoms with Crippen LogP contribution in [0, 0.1) is 0 Å². The zero-order valence-electron chi connectivity index (χ0n) is 4.30. The summed E-state index contributed by atoms with van der Waals surface area (Å²) in [6, 6.07) is 0. The van der Waals surface area contributed by atoms with Crippen LogP contribution in [0.3, 0.4) is 0 Å². The fourth-order valence-corrected chi connectivity index (χ4v) is 0.243. The average molecular weight is 224 g/mol. The van der Waals surface area contributed by atoms with E-state index in [2.05, 4.69) is 7.64 Å². The van der Waals surface area contributed by atoms with Gasteiger partial charge < -0.3 is 37.2 Å². The monoisotopic (exact) mass is 223 g/mol. The molecule has 0 aromatic heterocycles. The predicted octanol–water partition coefficient (Wildman–Crippen LogP) is -8.80. The number of hydrogen-bond donors (Lipinski definition) is 0. The molecule has 0 rings (SSSR count). The van der Waals surface area contributed by atoms with Crippen LogP contribution in [-0.2, 0) is 23.3 Å². The van der Waals surface area contributed by atoms with Gasteiger partial charge in [0, 0.05) is 0 Å². The maximum Gasteiger partial charge on any atom is -1.00 e. The first-order valence-electron chi connectivity index (χ1n) is 1.11. The molecule has 0 N–H and O–H groups in total. The second kappa shape index (κ2) is 23.9. The molecule has 0 saturated heterocycles. The zero-order valence-corrected chi connectivity index (χ0v) is 7.68. The molecule has 0 fully saturated rings. The molecule has 0 aliphatic heterocycles. The van der Waals surface area contributed by atoms with E-state index in [0.29, 0.717) is 15.6 Å². The van der Waals surface area contributed by atoms with Crippen LogP contribution in [0.15, 0.2) is 0 Å². The van der Waals surface area contributed by atoms with Crippen molar-refractivity contribution in [1.82, 2.24) is 0 Å². The van der Waals surface area contributed by atoms with Gasteiger partial charge in [0.2, 0.25) is 0 Å². The van der Waals surface area contributed by atoms with Gasteiger partial charge in [-0.3, -0.25) is 0 Å². The summed E-state index contributed by atoms with van der Waals surface area (Å²) >= 11 is 0.389. The van der Waals surface area contributed by atoms with Crippen molar-refractivity contribution in [1.29, 1.82) is 0 Å². The Balaban J connectivity index is -0.0000000267. The smallest absolute Gasteiger partial charge is 1.00 e.